The van der Waals surface area contributed by atoms with E-state index in [0.717, 1.165) is 19.3 Å². The molecule has 10 heavy (non-hydrogen) atoms. The van der Waals surface area contributed by atoms with E-state index >= 15 is 0 Å². The van der Waals surface area contributed by atoms with Crippen molar-refractivity contribution >= 4 is 11.6 Å². The highest BCUT2D eigenvalue weighted by molar-refractivity contribution is 6.18. The summed E-state index contributed by atoms with van der Waals surface area (Å²) in [6.45, 7) is 2.08. The highest BCUT2D eigenvalue weighted by atomic mass is 35.5. The third-order valence-corrected chi connectivity index (χ3v) is 3.11. The van der Waals surface area contributed by atoms with E-state index < -0.39 is 5.60 Å². The van der Waals surface area contributed by atoms with Crippen LogP contribution in [-0.2, 0) is 0 Å². The predicted molar refractivity (Wildman–Crippen MR) is 43.3 cm³/mol. The first kappa shape index (κ1) is 8.35. The fourth-order valence-corrected chi connectivity index (χ4v) is 1.99. The van der Waals surface area contributed by atoms with Gasteiger partial charge in [0.15, 0.2) is 0 Å². The second-order valence-corrected chi connectivity index (χ2v) is 3.65. The van der Waals surface area contributed by atoms with Gasteiger partial charge >= 0.3 is 0 Å². The first-order valence-corrected chi connectivity index (χ1v) is 4.51. The normalized spacial score (nSPS) is 41.7. The molecule has 0 spiro atoms. The molecule has 2 heteroatoms. The Morgan fingerprint density at radius 3 is 2.70 bits per heavy atom. The van der Waals surface area contributed by atoms with Gasteiger partial charge in [0.25, 0.3) is 0 Å². The van der Waals surface area contributed by atoms with Gasteiger partial charge in [-0.1, -0.05) is 19.8 Å². The summed E-state index contributed by atoms with van der Waals surface area (Å²) in [5, 5.41) is 9.82. The first-order valence-electron chi connectivity index (χ1n) is 3.97. The fourth-order valence-electron chi connectivity index (χ4n) is 1.60. The van der Waals surface area contributed by atoms with Crippen LogP contribution in [0.15, 0.2) is 0 Å². The Morgan fingerprint density at radius 2 is 2.30 bits per heavy atom. The third kappa shape index (κ3) is 1.46. The fraction of sp³-hybridized carbons (Fsp3) is 1.00. The topological polar surface area (TPSA) is 20.2 Å². The Labute approximate surface area is 67.4 Å². The van der Waals surface area contributed by atoms with Crippen molar-refractivity contribution in [1.29, 1.82) is 0 Å². The van der Waals surface area contributed by atoms with Gasteiger partial charge in [-0.05, 0) is 18.8 Å². The van der Waals surface area contributed by atoms with Crippen LogP contribution in [-0.4, -0.2) is 16.6 Å². The zero-order valence-electron chi connectivity index (χ0n) is 6.44. The van der Waals surface area contributed by atoms with E-state index in [0.29, 0.717) is 11.8 Å². The van der Waals surface area contributed by atoms with E-state index in [-0.39, 0.29) is 0 Å². The predicted octanol–water partition coefficient (Wildman–Crippen LogP) is 2.17. The minimum atomic E-state index is -0.556. The van der Waals surface area contributed by atoms with Crippen LogP contribution in [0.1, 0.15) is 32.6 Å². The summed E-state index contributed by atoms with van der Waals surface area (Å²) >= 11 is 5.67. The van der Waals surface area contributed by atoms with Crippen LogP contribution in [0.3, 0.4) is 0 Å². The molecule has 1 aliphatic carbocycles. The molecule has 2 atom stereocenters. The average molecular weight is 163 g/mol. The number of rotatable bonds is 1. The summed E-state index contributed by atoms with van der Waals surface area (Å²) in [6, 6.07) is 0. The Kier molecular flexibility index (Phi) is 2.59. The van der Waals surface area contributed by atoms with Crippen LogP contribution in [0.2, 0.25) is 0 Å². The Bertz CT molecular complexity index is 116. The van der Waals surface area contributed by atoms with E-state index in [1.54, 1.807) is 0 Å². The minimum Gasteiger partial charge on any atom is -0.388 e. The van der Waals surface area contributed by atoms with Crippen LogP contribution in [0.5, 0.6) is 0 Å². The quantitative estimate of drug-likeness (QED) is 0.586. The maximum Gasteiger partial charge on any atom is 0.0807 e. The number of halogens is 1. The van der Waals surface area contributed by atoms with Crippen molar-refractivity contribution in [2.75, 3.05) is 5.88 Å². The lowest BCUT2D eigenvalue weighted by atomic mass is 9.78. The van der Waals surface area contributed by atoms with E-state index in [9.17, 15) is 5.11 Å². The van der Waals surface area contributed by atoms with Gasteiger partial charge in [0.2, 0.25) is 0 Å². The van der Waals surface area contributed by atoms with E-state index in [1.807, 2.05) is 0 Å². The van der Waals surface area contributed by atoms with E-state index in [4.69, 9.17) is 11.6 Å². The second-order valence-electron chi connectivity index (χ2n) is 3.38. The molecule has 1 rings (SSSR count). The molecule has 0 amide bonds. The van der Waals surface area contributed by atoms with Gasteiger partial charge in [-0.2, -0.15) is 0 Å². The summed E-state index contributed by atoms with van der Waals surface area (Å²) in [4.78, 5) is 0. The zero-order valence-corrected chi connectivity index (χ0v) is 7.19. The van der Waals surface area contributed by atoms with Crippen molar-refractivity contribution in [3.63, 3.8) is 0 Å². The molecule has 0 aromatic carbocycles. The van der Waals surface area contributed by atoms with Crippen molar-refractivity contribution in [2.24, 2.45) is 5.92 Å². The Balaban J connectivity index is 2.54. The van der Waals surface area contributed by atoms with Crippen LogP contribution < -0.4 is 0 Å². The molecule has 1 N–H and O–H groups in total. The smallest absolute Gasteiger partial charge is 0.0807 e. The molecule has 1 nitrogen and oxygen atoms in total. The number of hydrogen-bond acceptors (Lipinski definition) is 1. The van der Waals surface area contributed by atoms with Crippen molar-refractivity contribution in [1.82, 2.24) is 0 Å². The number of hydrogen-bond donors (Lipinski definition) is 1. The van der Waals surface area contributed by atoms with E-state index in [2.05, 4.69) is 6.92 Å². The van der Waals surface area contributed by atoms with Crippen LogP contribution in [0.4, 0.5) is 0 Å². The molecule has 1 aliphatic rings. The van der Waals surface area contributed by atoms with Gasteiger partial charge in [-0.25, -0.2) is 0 Å². The van der Waals surface area contributed by atoms with E-state index in [1.165, 1.54) is 6.42 Å². The molecule has 0 bridgehead atoms. The van der Waals surface area contributed by atoms with Gasteiger partial charge < -0.3 is 5.11 Å². The summed E-state index contributed by atoms with van der Waals surface area (Å²) in [5.41, 5.74) is -0.556. The van der Waals surface area contributed by atoms with Gasteiger partial charge in [0.1, 0.15) is 0 Å². The Hall–Kier alpha value is 0.250. The zero-order chi connectivity index (χ0) is 7.61. The molecule has 0 unspecified atom stereocenters. The molecular weight excluding hydrogens is 148 g/mol. The minimum absolute atomic E-state index is 0.388. The molecule has 0 radical (unpaired) electrons. The lowest BCUT2D eigenvalue weighted by Crippen LogP contribution is -2.40. The molecule has 0 aromatic heterocycles. The highest BCUT2D eigenvalue weighted by Crippen LogP contribution is 2.33. The maximum absolute atomic E-state index is 9.82. The molecule has 1 saturated carbocycles. The van der Waals surface area contributed by atoms with Crippen LogP contribution in [0.25, 0.3) is 0 Å². The number of aliphatic hydroxyl groups is 1. The van der Waals surface area contributed by atoms with Gasteiger partial charge in [0, 0.05) is 0 Å². The molecular formula is C8H15ClO. The lowest BCUT2D eigenvalue weighted by molar-refractivity contribution is -0.0206. The van der Waals surface area contributed by atoms with Crippen LogP contribution >= 0.6 is 11.6 Å². The highest BCUT2D eigenvalue weighted by Gasteiger charge is 2.34. The first-order chi connectivity index (χ1) is 4.69. The molecule has 0 saturated heterocycles. The molecule has 60 valence electrons. The van der Waals surface area contributed by atoms with Gasteiger partial charge in [-0.15, -0.1) is 11.6 Å². The van der Waals surface area contributed by atoms with Gasteiger partial charge in [0.05, 0.1) is 11.5 Å². The molecule has 0 heterocycles. The summed E-state index contributed by atoms with van der Waals surface area (Å²) in [5.74, 6) is 0.785. The number of alkyl halides is 1. The standard InChI is InChI=1S/C8H15ClO/c1-7-4-2-3-5-8(7,10)6-9/h7,10H,2-6H2,1H3/t7-,8-/m1/s1. The second kappa shape index (κ2) is 3.10. The largest absolute Gasteiger partial charge is 0.388 e. The van der Waals surface area contributed by atoms with Crippen molar-refractivity contribution in [3.8, 4) is 0 Å². The third-order valence-electron chi connectivity index (χ3n) is 2.65. The summed E-state index contributed by atoms with van der Waals surface area (Å²) < 4.78 is 0. The summed E-state index contributed by atoms with van der Waals surface area (Å²) in [6.07, 6.45) is 4.40. The van der Waals surface area contributed by atoms with Crippen molar-refractivity contribution in [2.45, 2.75) is 38.2 Å². The molecule has 1 fully saturated rings. The van der Waals surface area contributed by atoms with Gasteiger partial charge in [-0.3, -0.25) is 0 Å². The summed E-state index contributed by atoms with van der Waals surface area (Å²) in [7, 11) is 0. The van der Waals surface area contributed by atoms with Crippen molar-refractivity contribution < 1.29 is 5.11 Å². The monoisotopic (exact) mass is 162 g/mol. The maximum atomic E-state index is 9.82. The SMILES string of the molecule is C[C@@H]1CCCC[C@@]1(O)CCl. The van der Waals surface area contributed by atoms with Crippen molar-refractivity contribution in [3.05, 3.63) is 0 Å². The lowest BCUT2D eigenvalue weighted by Gasteiger charge is -2.36. The molecule has 0 aromatic rings. The molecule has 0 aliphatic heterocycles. The van der Waals surface area contributed by atoms with Crippen LogP contribution in [0, 0.1) is 5.92 Å². The Morgan fingerprint density at radius 1 is 1.60 bits per heavy atom. The average Bonchev–Trinajstić information content (AvgIpc) is 1.96.